The first-order valence-corrected chi connectivity index (χ1v) is 5.97. The van der Waals surface area contributed by atoms with E-state index in [1.54, 1.807) is 0 Å². The van der Waals surface area contributed by atoms with Gasteiger partial charge in [0.1, 0.15) is 0 Å². The predicted molar refractivity (Wildman–Crippen MR) is 67.5 cm³/mol. The largest absolute Gasteiger partial charge is 0.347 e. The number of nitrogens with zero attached hydrogens (tertiary/aromatic N) is 1. The normalized spacial score (nSPS) is 15.7. The van der Waals surface area contributed by atoms with Gasteiger partial charge in [-0.1, -0.05) is 6.07 Å². The van der Waals surface area contributed by atoms with Gasteiger partial charge in [-0.15, -0.1) is 0 Å². The second kappa shape index (κ2) is 3.11. The lowest BCUT2D eigenvalue weighted by Gasteiger charge is -2.23. The Kier molecular flexibility index (Phi) is 1.93. The Hall–Kier alpha value is -1.28. The molecule has 0 saturated heterocycles. The highest BCUT2D eigenvalue weighted by Crippen LogP contribution is 2.30. The molecule has 0 bridgehead atoms. The first-order chi connectivity index (χ1) is 7.55. The van der Waals surface area contributed by atoms with E-state index in [0.717, 1.165) is 6.54 Å². The predicted octanol–water partition coefficient (Wildman–Crippen LogP) is 2.78. The van der Waals surface area contributed by atoms with Crippen molar-refractivity contribution in [1.29, 1.82) is 0 Å². The van der Waals surface area contributed by atoms with Gasteiger partial charge in [-0.25, -0.2) is 0 Å². The van der Waals surface area contributed by atoms with Crippen LogP contribution in [0.25, 0.3) is 10.9 Å². The van der Waals surface area contributed by atoms with E-state index in [1.807, 2.05) is 0 Å². The number of aromatic nitrogens is 1. The Morgan fingerprint density at radius 1 is 1.31 bits per heavy atom. The van der Waals surface area contributed by atoms with Crippen molar-refractivity contribution in [1.82, 2.24) is 4.57 Å². The molecule has 1 aliphatic rings. The van der Waals surface area contributed by atoms with E-state index in [2.05, 4.69) is 42.8 Å². The number of hydrogen-bond acceptors (Lipinski definition) is 1. The highest BCUT2D eigenvalue weighted by Gasteiger charge is 2.19. The fourth-order valence-corrected chi connectivity index (χ4v) is 2.63. The van der Waals surface area contributed by atoms with Crippen molar-refractivity contribution in [2.75, 3.05) is 0 Å². The number of benzene rings is 1. The van der Waals surface area contributed by atoms with Crippen LogP contribution in [-0.4, -0.2) is 4.57 Å². The van der Waals surface area contributed by atoms with Gasteiger partial charge >= 0.3 is 0 Å². The molecule has 16 heavy (non-hydrogen) atoms. The summed E-state index contributed by atoms with van der Waals surface area (Å²) in [6, 6.07) is 6.73. The number of hydrogen-bond donors (Lipinski definition) is 1. The number of nitrogens with two attached hydrogens (primary N) is 1. The van der Waals surface area contributed by atoms with Crippen molar-refractivity contribution in [2.24, 2.45) is 5.73 Å². The molecule has 1 aromatic carbocycles. The molecule has 0 radical (unpaired) electrons. The van der Waals surface area contributed by atoms with Gasteiger partial charge in [-0.3, -0.25) is 0 Å². The Balaban J connectivity index is 2.31. The Bertz CT molecular complexity index is 544. The highest BCUT2D eigenvalue weighted by atomic mass is 15.0. The van der Waals surface area contributed by atoms with Crippen LogP contribution in [0.2, 0.25) is 0 Å². The molecule has 0 fully saturated rings. The van der Waals surface area contributed by atoms with Gasteiger partial charge in [0.2, 0.25) is 0 Å². The fraction of sp³-hybridized carbons (Fsp3) is 0.429. The van der Waals surface area contributed by atoms with Gasteiger partial charge in [0, 0.05) is 23.7 Å². The van der Waals surface area contributed by atoms with E-state index in [9.17, 15) is 0 Å². The second-order valence-corrected chi connectivity index (χ2v) is 5.41. The third kappa shape index (κ3) is 1.37. The van der Waals surface area contributed by atoms with Crippen LogP contribution in [-0.2, 0) is 18.5 Å². The molecule has 2 nitrogen and oxygen atoms in total. The van der Waals surface area contributed by atoms with E-state index in [4.69, 9.17) is 5.73 Å². The smallest absolute Gasteiger partial charge is 0.0513 e. The molecule has 1 aliphatic heterocycles. The van der Waals surface area contributed by atoms with Crippen LogP contribution in [0.1, 0.15) is 31.4 Å². The van der Waals surface area contributed by atoms with Crippen molar-refractivity contribution in [3.63, 3.8) is 0 Å². The van der Waals surface area contributed by atoms with Gasteiger partial charge in [-0.2, -0.15) is 0 Å². The minimum Gasteiger partial charge on any atom is -0.347 e. The summed E-state index contributed by atoms with van der Waals surface area (Å²) in [5.41, 5.74) is 10.1. The van der Waals surface area contributed by atoms with Crippen molar-refractivity contribution in [3.05, 3.63) is 35.5 Å². The first-order valence-electron chi connectivity index (χ1n) is 5.97. The monoisotopic (exact) mass is 214 g/mol. The molecule has 0 unspecified atom stereocenters. The highest BCUT2D eigenvalue weighted by molar-refractivity contribution is 5.85. The second-order valence-electron chi connectivity index (χ2n) is 5.41. The maximum atomic E-state index is 6.19. The van der Waals surface area contributed by atoms with Crippen LogP contribution in [0.5, 0.6) is 0 Å². The van der Waals surface area contributed by atoms with E-state index < -0.39 is 0 Å². The summed E-state index contributed by atoms with van der Waals surface area (Å²) >= 11 is 0. The Morgan fingerprint density at radius 3 is 2.88 bits per heavy atom. The molecular formula is C14H18N2. The van der Waals surface area contributed by atoms with E-state index in [0.29, 0.717) is 0 Å². The van der Waals surface area contributed by atoms with E-state index in [1.165, 1.54) is 34.9 Å². The number of rotatable bonds is 1. The molecule has 3 rings (SSSR count). The molecule has 0 atom stereocenters. The molecule has 0 spiro atoms. The molecule has 2 heterocycles. The average Bonchev–Trinajstić information content (AvgIpc) is 2.62. The minimum absolute atomic E-state index is 0.246. The summed E-state index contributed by atoms with van der Waals surface area (Å²) in [6.45, 7) is 5.29. The fourth-order valence-electron chi connectivity index (χ4n) is 2.63. The summed E-state index contributed by atoms with van der Waals surface area (Å²) < 4.78 is 2.36. The van der Waals surface area contributed by atoms with Crippen molar-refractivity contribution in [3.8, 4) is 0 Å². The van der Waals surface area contributed by atoms with Crippen molar-refractivity contribution in [2.45, 2.75) is 38.8 Å². The van der Waals surface area contributed by atoms with Crippen LogP contribution >= 0.6 is 0 Å². The Morgan fingerprint density at radius 2 is 2.12 bits per heavy atom. The maximum absolute atomic E-state index is 6.19. The van der Waals surface area contributed by atoms with E-state index in [-0.39, 0.29) is 5.54 Å². The third-order valence-corrected chi connectivity index (χ3v) is 3.53. The van der Waals surface area contributed by atoms with E-state index >= 15 is 0 Å². The molecular weight excluding hydrogens is 196 g/mol. The summed E-state index contributed by atoms with van der Waals surface area (Å²) in [7, 11) is 0. The summed E-state index contributed by atoms with van der Waals surface area (Å²) in [4.78, 5) is 0. The zero-order valence-corrected chi connectivity index (χ0v) is 9.96. The molecule has 2 aromatic rings. The van der Waals surface area contributed by atoms with Gasteiger partial charge in [0.15, 0.2) is 0 Å². The van der Waals surface area contributed by atoms with Crippen LogP contribution in [0.3, 0.4) is 0 Å². The summed E-state index contributed by atoms with van der Waals surface area (Å²) in [5, 5.41) is 1.34. The van der Waals surface area contributed by atoms with Gasteiger partial charge < -0.3 is 10.3 Å². The van der Waals surface area contributed by atoms with Crippen LogP contribution in [0, 0.1) is 0 Å². The zero-order chi connectivity index (χ0) is 11.3. The molecule has 2 heteroatoms. The molecule has 0 amide bonds. The van der Waals surface area contributed by atoms with Gasteiger partial charge in [-0.05, 0) is 49.9 Å². The number of aryl methyl sites for hydroxylation is 2. The lowest BCUT2D eigenvalue weighted by molar-refractivity contribution is 0.553. The van der Waals surface area contributed by atoms with Gasteiger partial charge in [0.05, 0.1) is 5.52 Å². The molecule has 84 valence electrons. The third-order valence-electron chi connectivity index (χ3n) is 3.53. The lowest BCUT2D eigenvalue weighted by atomic mass is 9.90. The van der Waals surface area contributed by atoms with Crippen molar-refractivity contribution < 1.29 is 0 Å². The summed E-state index contributed by atoms with van der Waals surface area (Å²) in [5.74, 6) is 0. The maximum Gasteiger partial charge on any atom is 0.0513 e. The van der Waals surface area contributed by atoms with Crippen molar-refractivity contribution >= 4 is 10.9 Å². The SMILES string of the molecule is CC(C)(N)c1cc2c3c(ccn3CCC2)c1. The Labute approximate surface area is 96.1 Å². The lowest BCUT2D eigenvalue weighted by Crippen LogP contribution is -2.28. The minimum atomic E-state index is -0.246. The quantitative estimate of drug-likeness (QED) is 0.777. The standard InChI is InChI=1S/C14H18N2/c1-14(2,15)12-8-10-4-3-6-16-7-5-11(9-12)13(10)16/h5,7-9H,3-4,6,15H2,1-2H3. The van der Waals surface area contributed by atoms with Gasteiger partial charge in [0.25, 0.3) is 0 Å². The van der Waals surface area contributed by atoms with Crippen LogP contribution in [0.15, 0.2) is 24.4 Å². The molecule has 0 aliphatic carbocycles. The summed E-state index contributed by atoms with van der Waals surface area (Å²) in [6.07, 6.45) is 4.62. The van der Waals surface area contributed by atoms with Crippen LogP contribution in [0.4, 0.5) is 0 Å². The first kappa shape index (κ1) is 9.91. The molecule has 1 aromatic heterocycles. The van der Waals surface area contributed by atoms with Crippen LogP contribution < -0.4 is 5.73 Å². The zero-order valence-electron chi connectivity index (χ0n) is 9.96. The molecule has 2 N–H and O–H groups in total. The average molecular weight is 214 g/mol. The topological polar surface area (TPSA) is 30.9 Å². The molecule has 0 saturated carbocycles.